The van der Waals surface area contributed by atoms with Crippen LogP contribution in [0.1, 0.15) is 0 Å². The van der Waals surface area contributed by atoms with Gasteiger partial charge in [-0.2, -0.15) is 13.2 Å². The lowest BCUT2D eigenvalue weighted by atomic mass is 10.6. The highest BCUT2D eigenvalue weighted by molar-refractivity contribution is 7.89. The van der Waals surface area contributed by atoms with Gasteiger partial charge in [-0.25, -0.2) is 9.79 Å². The molecule has 0 bridgehead atoms. The smallest absolute Gasteiger partial charge is 0.436 e. The van der Waals surface area contributed by atoms with Crippen molar-refractivity contribution in [2.24, 2.45) is 10.7 Å². The van der Waals surface area contributed by atoms with Gasteiger partial charge in [0, 0.05) is 5.41 Å². The second kappa shape index (κ2) is 4.01. The molecule has 0 amide bonds. The quantitative estimate of drug-likeness (QED) is 0.656. The molecule has 84 valence electrons. The summed E-state index contributed by atoms with van der Waals surface area (Å²) >= 11 is 0. The third kappa shape index (κ3) is 3.05. The normalized spacial score (nSPS) is 25.9. The number of carbonyl (C=O) groups is 1. The van der Waals surface area contributed by atoms with Gasteiger partial charge in [0.1, 0.15) is 5.82 Å². The van der Waals surface area contributed by atoms with Crippen molar-refractivity contribution in [2.75, 3.05) is 0 Å². The zero-order chi connectivity index (χ0) is 11.6. The van der Waals surface area contributed by atoms with Gasteiger partial charge in [-0.1, -0.05) is 0 Å². The molecular weight excluding hydrogens is 237 g/mol. The average Bonchev–Trinajstić information content (AvgIpc) is 2.08. The van der Waals surface area contributed by atoms with Crippen LogP contribution in [0.4, 0.5) is 13.2 Å². The highest BCUT2D eigenvalue weighted by atomic mass is 32.2. The molecule has 0 fully saturated rings. The highest BCUT2D eigenvalue weighted by Crippen LogP contribution is 2.19. The number of carbonyl (C=O) groups excluding carboxylic acids is 1. The first-order valence-electron chi connectivity index (χ1n) is 3.49. The molecule has 0 aromatic carbocycles. The number of ether oxygens (including phenoxy) is 1. The molecule has 0 spiro atoms. The lowest BCUT2D eigenvalue weighted by molar-refractivity contribution is -0.199. The summed E-state index contributed by atoms with van der Waals surface area (Å²) in [5, 5.41) is 0.897. The summed E-state index contributed by atoms with van der Waals surface area (Å²) < 4.78 is 50.2. The van der Waals surface area contributed by atoms with Gasteiger partial charge in [0.25, 0.3) is 0 Å². The van der Waals surface area contributed by atoms with Crippen LogP contribution in [0.5, 0.6) is 0 Å². The van der Waals surface area contributed by atoms with Gasteiger partial charge in [-0.15, -0.1) is 0 Å². The summed E-state index contributed by atoms with van der Waals surface area (Å²) in [5.74, 6) is -2.52. The first-order chi connectivity index (χ1) is 6.80. The van der Waals surface area contributed by atoms with Crippen LogP contribution >= 0.6 is 0 Å². The van der Waals surface area contributed by atoms with Crippen LogP contribution in [0.3, 0.4) is 0 Å². The molecule has 0 radical (unpaired) electrons. The molecule has 1 rings (SSSR count). The van der Waals surface area contributed by atoms with Crippen LogP contribution in [0.15, 0.2) is 16.2 Å². The van der Waals surface area contributed by atoms with Gasteiger partial charge >= 0.3 is 12.1 Å². The fraction of sp³-hybridized carbons (Fsp3) is 0.333. The Bertz CT molecular complexity index is 363. The number of esters is 1. The van der Waals surface area contributed by atoms with Crippen LogP contribution in [0.2, 0.25) is 0 Å². The monoisotopic (exact) mass is 242 g/mol. The van der Waals surface area contributed by atoms with Crippen LogP contribution in [0, 0.1) is 0 Å². The summed E-state index contributed by atoms with van der Waals surface area (Å²) in [6.07, 6.45) is -4.33. The van der Waals surface area contributed by atoms with Gasteiger partial charge < -0.3 is 10.5 Å². The largest absolute Gasteiger partial charge is 0.490 e. The van der Waals surface area contributed by atoms with E-state index in [0.29, 0.717) is 0 Å². The van der Waals surface area contributed by atoms with Crippen LogP contribution in [-0.4, -0.2) is 28.0 Å². The standard InChI is InChI=1S/C6H5F3N2O3S/c7-6(8,9)5(12)14-4-1-11-3(10)2-15(4)13/h1-2,4H,10H2. The molecule has 1 aliphatic heterocycles. The highest BCUT2D eigenvalue weighted by Gasteiger charge is 2.43. The van der Waals surface area contributed by atoms with E-state index in [2.05, 4.69) is 9.73 Å². The van der Waals surface area contributed by atoms with Gasteiger partial charge in [0.2, 0.25) is 5.44 Å². The number of nitrogens with two attached hydrogens (primary N) is 1. The van der Waals surface area contributed by atoms with Gasteiger partial charge in [-0.05, 0) is 0 Å². The van der Waals surface area contributed by atoms with E-state index in [4.69, 9.17) is 5.73 Å². The Kier molecular flexibility index (Phi) is 3.12. The third-order valence-electron chi connectivity index (χ3n) is 1.27. The van der Waals surface area contributed by atoms with E-state index in [1.165, 1.54) is 0 Å². The SMILES string of the molecule is NC1=CS(=O)C(OC(=O)C(F)(F)F)C=N1. The molecule has 2 atom stereocenters. The second-order valence-electron chi connectivity index (χ2n) is 2.42. The number of alkyl halides is 3. The molecule has 15 heavy (non-hydrogen) atoms. The Morgan fingerprint density at radius 3 is 2.67 bits per heavy atom. The minimum absolute atomic E-state index is 0.104. The fourth-order valence-corrected chi connectivity index (χ4v) is 1.47. The van der Waals surface area contributed by atoms with E-state index in [1.807, 2.05) is 0 Å². The predicted molar refractivity (Wildman–Crippen MR) is 44.8 cm³/mol. The topological polar surface area (TPSA) is 81.8 Å². The molecule has 2 unspecified atom stereocenters. The van der Waals surface area contributed by atoms with Gasteiger partial charge in [0.15, 0.2) is 0 Å². The number of hydrogen-bond donors (Lipinski definition) is 1. The van der Waals surface area contributed by atoms with E-state index >= 15 is 0 Å². The van der Waals surface area contributed by atoms with Crippen LogP contribution in [-0.2, 0) is 20.3 Å². The van der Waals surface area contributed by atoms with E-state index in [-0.39, 0.29) is 5.82 Å². The Morgan fingerprint density at radius 2 is 2.20 bits per heavy atom. The van der Waals surface area contributed by atoms with Gasteiger partial charge in [-0.3, -0.25) is 4.21 Å². The number of aliphatic imine (C=N–C) groups is 1. The lowest BCUT2D eigenvalue weighted by Crippen LogP contribution is -2.33. The van der Waals surface area contributed by atoms with Crippen molar-refractivity contribution < 1.29 is 26.9 Å². The molecule has 1 heterocycles. The van der Waals surface area contributed by atoms with E-state index < -0.39 is 28.4 Å². The number of halogens is 3. The molecule has 0 aromatic rings. The van der Waals surface area contributed by atoms with Crippen LogP contribution < -0.4 is 5.73 Å². The van der Waals surface area contributed by atoms with Crippen molar-refractivity contribution in [1.82, 2.24) is 0 Å². The molecule has 0 saturated heterocycles. The molecule has 0 aliphatic carbocycles. The zero-order valence-corrected chi connectivity index (χ0v) is 7.84. The number of nitrogens with zero attached hydrogens (tertiary/aromatic N) is 1. The Morgan fingerprint density at radius 1 is 1.60 bits per heavy atom. The van der Waals surface area contributed by atoms with E-state index in [0.717, 1.165) is 11.6 Å². The maximum atomic E-state index is 11.7. The predicted octanol–water partition coefficient (Wildman–Crippen LogP) is 0.00870. The molecule has 0 saturated carbocycles. The number of hydrogen-bond acceptors (Lipinski definition) is 5. The minimum atomic E-state index is -5.12. The summed E-state index contributed by atoms with van der Waals surface area (Å²) in [6, 6.07) is 0. The van der Waals surface area contributed by atoms with E-state index in [9.17, 15) is 22.2 Å². The number of rotatable bonds is 1. The van der Waals surface area contributed by atoms with Crippen molar-refractivity contribution >= 4 is 23.0 Å². The summed E-state index contributed by atoms with van der Waals surface area (Å²) in [7, 11) is -1.94. The minimum Gasteiger partial charge on any atom is -0.436 e. The Hall–Kier alpha value is -1.38. The maximum absolute atomic E-state index is 11.7. The lowest BCUT2D eigenvalue weighted by Gasteiger charge is -2.15. The molecule has 9 heteroatoms. The Labute approximate surface area is 84.2 Å². The van der Waals surface area contributed by atoms with Crippen LogP contribution in [0.25, 0.3) is 0 Å². The van der Waals surface area contributed by atoms with Crippen molar-refractivity contribution in [3.8, 4) is 0 Å². The summed E-state index contributed by atoms with van der Waals surface area (Å²) in [5.41, 5.74) is 3.56. The van der Waals surface area contributed by atoms with Crippen molar-refractivity contribution in [1.29, 1.82) is 0 Å². The molecule has 5 nitrogen and oxygen atoms in total. The summed E-state index contributed by atoms with van der Waals surface area (Å²) in [6.45, 7) is 0. The average molecular weight is 242 g/mol. The summed E-state index contributed by atoms with van der Waals surface area (Å²) in [4.78, 5) is 13.7. The molecule has 0 aromatic heterocycles. The second-order valence-corrected chi connectivity index (χ2v) is 3.78. The van der Waals surface area contributed by atoms with Gasteiger partial charge in [0.05, 0.1) is 17.0 Å². The molecule has 1 aliphatic rings. The fourth-order valence-electron chi connectivity index (χ4n) is 0.674. The first-order valence-corrected chi connectivity index (χ1v) is 4.77. The zero-order valence-electron chi connectivity index (χ0n) is 7.02. The third-order valence-corrected chi connectivity index (χ3v) is 2.42. The molecular formula is C6H5F3N2O3S. The van der Waals surface area contributed by atoms with Crippen molar-refractivity contribution in [3.05, 3.63) is 11.2 Å². The maximum Gasteiger partial charge on any atom is 0.490 e. The van der Waals surface area contributed by atoms with E-state index in [1.54, 1.807) is 0 Å². The Balaban J connectivity index is 2.67. The first kappa shape index (κ1) is 11.7. The van der Waals surface area contributed by atoms with Crippen molar-refractivity contribution in [2.45, 2.75) is 11.6 Å². The molecule has 2 N–H and O–H groups in total. The van der Waals surface area contributed by atoms with Crippen molar-refractivity contribution in [3.63, 3.8) is 0 Å².